The molecule has 0 aliphatic rings. The minimum absolute atomic E-state index is 0.0778. The Hall–Kier alpha value is -1.92. The summed E-state index contributed by atoms with van der Waals surface area (Å²) in [5.74, 6) is -1.47. The molecule has 0 aromatic heterocycles. The summed E-state index contributed by atoms with van der Waals surface area (Å²) in [6.07, 6.45) is 0. The summed E-state index contributed by atoms with van der Waals surface area (Å²) in [6, 6.07) is 6.62. The van der Waals surface area contributed by atoms with Crippen LogP contribution in [-0.2, 0) is 25.7 Å². The minimum Gasteiger partial charge on any atom is -0.460 e. The van der Waals surface area contributed by atoms with Gasteiger partial charge in [0.25, 0.3) is 0 Å². The van der Waals surface area contributed by atoms with Gasteiger partial charge in [-0.1, -0.05) is 30.3 Å². The van der Waals surface area contributed by atoms with Crippen LogP contribution in [-0.4, -0.2) is 29.6 Å². The summed E-state index contributed by atoms with van der Waals surface area (Å²) in [7, 11) is 0. The molecule has 0 saturated carbocycles. The van der Waals surface area contributed by atoms with Gasteiger partial charge in [-0.25, -0.2) is 0 Å². The lowest BCUT2D eigenvalue weighted by Crippen LogP contribution is -2.54. The zero-order valence-electron chi connectivity index (χ0n) is 12.5. The van der Waals surface area contributed by atoms with Crippen molar-refractivity contribution >= 4 is 11.9 Å². The van der Waals surface area contributed by atoms with Crippen LogP contribution in [0.2, 0.25) is 0 Å². The summed E-state index contributed by atoms with van der Waals surface area (Å²) in [5.41, 5.74) is 11.4. The van der Waals surface area contributed by atoms with E-state index in [-0.39, 0.29) is 6.61 Å². The SMILES string of the molecule is CC(C)(C)OC(=O)C(N)C(N)C(=O)OCc1ccccc1. The highest BCUT2D eigenvalue weighted by Gasteiger charge is 2.32. The number of benzene rings is 1. The van der Waals surface area contributed by atoms with E-state index in [0.717, 1.165) is 5.56 Å². The van der Waals surface area contributed by atoms with E-state index < -0.39 is 29.6 Å². The Morgan fingerprint density at radius 3 is 2.10 bits per heavy atom. The average Bonchev–Trinajstić information content (AvgIpc) is 2.42. The van der Waals surface area contributed by atoms with Gasteiger partial charge in [0, 0.05) is 0 Å². The normalized spacial score (nSPS) is 14.1. The van der Waals surface area contributed by atoms with Crippen LogP contribution >= 0.6 is 0 Å². The van der Waals surface area contributed by atoms with Crippen LogP contribution in [0.5, 0.6) is 0 Å². The second kappa shape index (κ2) is 7.19. The summed E-state index contributed by atoms with van der Waals surface area (Å²) < 4.78 is 10.1. The second-order valence-electron chi connectivity index (χ2n) is 5.68. The van der Waals surface area contributed by atoms with Crippen molar-refractivity contribution in [3.05, 3.63) is 35.9 Å². The standard InChI is InChI=1S/C15H22N2O4/c1-15(2,3)21-14(19)12(17)11(16)13(18)20-9-10-7-5-4-6-8-10/h4-8,11-12H,9,16-17H2,1-3H3. The number of nitrogens with two attached hydrogens (primary N) is 2. The van der Waals surface area contributed by atoms with Gasteiger partial charge in [0.05, 0.1) is 0 Å². The van der Waals surface area contributed by atoms with Crippen molar-refractivity contribution in [1.29, 1.82) is 0 Å². The Morgan fingerprint density at radius 2 is 1.57 bits per heavy atom. The van der Waals surface area contributed by atoms with Crippen molar-refractivity contribution in [3.8, 4) is 0 Å². The first kappa shape index (κ1) is 17.1. The molecule has 21 heavy (non-hydrogen) atoms. The summed E-state index contributed by atoms with van der Waals surface area (Å²) >= 11 is 0. The van der Waals surface area contributed by atoms with E-state index in [1.165, 1.54) is 0 Å². The Morgan fingerprint density at radius 1 is 1.05 bits per heavy atom. The van der Waals surface area contributed by atoms with E-state index in [9.17, 15) is 9.59 Å². The number of carbonyl (C=O) groups is 2. The Bertz CT molecular complexity index is 482. The Balaban J connectivity index is 2.51. The van der Waals surface area contributed by atoms with E-state index in [1.54, 1.807) is 20.8 Å². The van der Waals surface area contributed by atoms with Gasteiger partial charge in [0.15, 0.2) is 0 Å². The second-order valence-corrected chi connectivity index (χ2v) is 5.68. The molecule has 4 N–H and O–H groups in total. The van der Waals surface area contributed by atoms with Crippen LogP contribution < -0.4 is 11.5 Å². The molecule has 0 aliphatic heterocycles. The molecule has 6 heteroatoms. The lowest BCUT2D eigenvalue weighted by Gasteiger charge is -2.24. The van der Waals surface area contributed by atoms with Gasteiger partial charge in [-0.3, -0.25) is 9.59 Å². The first-order valence-electron chi connectivity index (χ1n) is 6.65. The van der Waals surface area contributed by atoms with E-state index in [4.69, 9.17) is 20.9 Å². The highest BCUT2D eigenvalue weighted by molar-refractivity contribution is 5.87. The third-order valence-electron chi connectivity index (χ3n) is 2.56. The van der Waals surface area contributed by atoms with Gasteiger partial charge < -0.3 is 20.9 Å². The lowest BCUT2D eigenvalue weighted by molar-refractivity contribution is -0.161. The fraction of sp³-hybridized carbons (Fsp3) is 0.467. The third kappa shape index (κ3) is 5.93. The van der Waals surface area contributed by atoms with Crippen LogP contribution in [0.15, 0.2) is 30.3 Å². The average molecular weight is 294 g/mol. The van der Waals surface area contributed by atoms with Crippen molar-refractivity contribution in [2.45, 2.75) is 45.1 Å². The molecule has 0 spiro atoms. The molecule has 0 bridgehead atoms. The van der Waals surface area contributed by atoms with Crippen LogP contribution in [0.3, 0.4) is 0 Å². The first-order valence-corrected chi connectivity index (χ1v) is 6.65. The number of rotatable bonds is 5. The van der Waals surface area contributed by atoms with Gasteiger partial charge >= 0.3 is 11.9 Å². The topological polar surface area (TPSA) is 105 Å². The molecule has 1 aromatic carbocycles. The maximum atomic E-state index is 11.8. The molecule has 1 rings (SSSR count). The molecule has 0 aliphatic carbocycles. The maximum Gasteiger partial charge on any atom is 0.325 e. The zero-order chi connectivity index (χ0) is 16.0. The Labute approximate surface area is 124 Å². The summed E-state index contributed by atoms with van der Waals surface area (Å²) in [5, 5.41) is 0. The number of ether oxygens (including phenoxy) is 2. The minimum atomic E-state index is -1.26. The zero-order valence-corrected chi connectivity index (χ0v) is 12.5. The maximum absolute atomic E-state index is 11.8. The predicted molar refractivity (Wildman–Crippen MR) is 78.0 cm³/mol. The predicted octanol–water partition coefficient (Wildman–Crippen LogP) is 0.726. The van der Waals surface area contributed by atoms with Gasteiger partial charge in [0.2, 0.25) is 0 Å². The molecule has 0 radical (unpaired) electrons. The summed E-state index contributed by atoms with van der Waals surface area (Å²) in [6.45, 7) is 5.19. The van der Waals surface area contributed by atoms with E-state index in [1.807, 2.05) is 30.3 Å². The molecule has 0 saturated heterocycles. The molecule has 0 amide bonds. The van der Waals surface area contributed by atoms with Crippen molar-refractivity contribution in [3.63, 3.8) is 0 Å². The number of esters is 2. The Kier molecular flexibility index (Phi) is 5.87. The highest BCUT2D eigenvalue weighted by atomic mass is 16.6. The van der Waals surface area contributed by atoms with Gasteiger partial charge in [-0.2, -0.15) is 0 Å². The van der Waals surface area contributed by atoms with Crippen molar-refractivity contribution in [1.82, 2.24) is 0 Å². The van der Waals surface area contributed by atoms with Crippen LogP contribution in [0.4, 0.5) is 0 Å². The van der Waals surface area contributed by atoms with Crippen molar-refractivity contribution in [2.75, 3.05) is 0 Å². The van der Waals surface area contributed by atoms with Gasteiger partial charge in [0.1, 0.15) is 24.3 Å². The molecular weight excluding hydrogens is 272 g/mol. The van der Waals surface area contributed by atoms with E-state index in [2.05, 4.69) is 0 Å². The molecule has 1 aromatic rings. The summed E-state index contributed by atoms with van der Waals surface area (Å²) in [4.78, 5) is 23.5. The number of hydrogen-bond acceptors (Lipinski definition) is 6. The molecular formula is C15H22N2O4. The van der Waals surface area contributed by atoms with Crippen molar-refractivity contribution < 1.29 is 19.1 Å². The molecule has 2 atom stereocenters. The molecule has 116 valence electrons. The smallest absolute Gasteiger partial charge is 0.325 e. The van der Waals surface area contributed by atoms with Crippen LogP contribution in [0, 0.1) is 0 Å². The number of carbonyl (C=O) groups excluding carboxylic acids is 2. The van der Waals surface area contributed by atoms with Gasteiger partial charge in [-0.15, -0.1) is 0 Å². The van der Waals surface area contributed by atoms with E-state index >= 15 is 0 Å². The largest absolute Gasteiger partial charge is 0.460 e. The lowest BCUT2D eigenvalue weighted by atomic mass is 10.1. The quantitative estimate of drug-likeness (QED) is 0.776. The first-order chi connectivity index (χ1) is 9.70. The van der Waals surface area contributed by atoms with Crippen LogP contribution in [0.25, 0.3) is 0 Å². The van der Waals surface area contributed by atoms with E-state index in [0.29, 0.717) is 0 Å². The molecule has 0 fully saturated rings. The monoisotopic (exact) mass is 294 g/mol. The third-order valence-corrected chi connectivity index (χ3v) is 2.56. The van der Waals surface area contributed by atoms with Crippen molar-refractivity contribution in [2.24, 2.45) is 11.5 Å². The fourth-order valence-corrected chi connectivity index (χ4v) is 1.49. The molecule has 0 heterocycles. The fourth-order valence-electron chi connectivity index (χ4n) is 1.49. The molecule has 6 nitrogen and oxygen atoms in total. The van der Waals surface area contributed by atoms with Gasteiger partial charge in [-0.05, 0) is 26.3 Å². The highest BCUT2D eigenvalue weighted by Crippen LogP contribution is 2.09. The number of hydrogen-bond donors (Lipinski definition) is 2. The van der Waals surface area contributed by atoms with Crippen LogP contribution in [0.1, 0.15) is 26.3 Å². The molecule has 2 unspecified atom stereocenters.